The molecule has 0 saturated heterocycles. The average Bonchev–Trinajstić information content (AvgIpc) is 2.87. The molecule has 0 aliphatic heterocycles. The number of para-hydroxylation sites is 1. The molecule has 0 radical (unpaired) electrons. The number of aryl methyl sites for hydroxylation is 1. The van der Waals surface area contributed by atoms with Gasteiger partial charge in [0.2, 0.25) is 0 Å². The molecule has 0 N–H and O–H groups in total. The Balaban J connectivity index is 1.75. The van der Waals surface area contributed by atoms with Gasteiger partial charge in [-0.1, -0.05) is 35.9 Å². The zero-order valence-corrected chi connectivity index (χ0v) is 20.2. The highest BCUT2D eigenvalue weighted by atomic mass is 15.1. The van der Waals surface area contributed by atoms with Gasteiger partial charge in [-0.05, 0) is 81.1 Å². The van der Waals surface area contributed by atoms with E-state index in [-0.39, 0.29) is 0 Å². The van der Waals surface area contributed by atoms with E-state index in [9.17, 15) is 0 Å². The molecule has 3 aromatic carbocycles. The summed E-state index contributed by atoms with van der Waals surface area (Å²) >= 11 is 0. The van der Waals surface area contributed by atoms with E-state index in [0.29, 0.717) is 11.3 Å². The summed E-state index contributed by atoms with van der Waals surface area (Å²) in [5, 5.41) is 0. The van der Waals surface area contributed by atoms with Gasteiger partial charge in [0.25, 0.3) is 0 Å². The normalized spacial score (nSPS) is 11.1. The first kappa shape index (κ1) is 21.7. The second-order valence-electron chi connectivity index (χ2n) is 8.69. The van der Waals surface area contributed by atoms with Crippen LogP contribution in [0.3, 0.4) is 0 Å². The van der Waals surface area contributed by atoms with E-state index in [1.165, 1.54) is 33.5 Å². The molecule has 5 rings (SSSR count). The van der Waals surface area contributed by atoms with Crippen LogP contribution in [0.2, 0.25) is 0 Å². The minimum absolute atomic E-state index is 0.557. The molecule has 0 aliphatic rings. The molecule has 168 valence electrons. The number of nitrogens with zero attached hydrogens (tertiary/aromatic N) is 5. The summed E-state index contributed by atoms with van der Waals surface area (Å²) in [7, 11) is 0. The van der Waals surface area contributed by atoms with Crippen molar-refractivity contribution in [3.63, 3.8) is 0 Å². The van der Waals surface area contributed by atoms with Crippen LogP contribution >= 0.6 is 0 Å². The van der Waals surface area contributed by atoms with Crippen molar-refractivity contribution in [2.75, 3.05) is 4.90 Å². The van der Waals surface area contributed by atoms with Crippen molar-refractivity contribution in [2.24, 2.45) is 0 Å². The fraction of sp³-hybridized carbons (Fsp3) is 0.172. The Bertz CT molecular complexity index is 1460. The van der Waals surface area contributed by atoms with Gasteiger partial charge in [-0.25, -0.2) is 19.9 Å². The maximum absolute atomic E-state index is 4.80. The van der Waals surface area contributed by atoms with Gasteiger partial charge in [-0.2, -0.15) is 0 Å². The zero-order valence-electron chi connectivity index (χ0n) is 20.2. The van der Waals surface area contributed by atoms with Gasteiger partial charge in [0, 0.05) is 29.3 Å². The number of rotatable bonds is 4. The van der Waals surface area contributed by atoms with E-state index in [0.717, 1.165) is 22.6 Å². The van der Waals surface area contributed by atoms with Crippen LogP contribution in [-0.4, -0.2) is 19.9 Å². The van der Waals surface area contributed by atoms with E-state index < -0.39 is 0 Å². The molecule has 0 bridgehead atoms. The van der Waals surface area contributed by atoms with Crippen LogP contribution in [0.15, 0.2) is 73.2 Å². The maximum atomic E-state index is 4.80. The molecule has 0 aliphatic carbocycles. The number of benzene rings is 3. The fourth-order valence-corrected chi connectivity index (χ4v) is 4.57. The van der Waals surface area contributed by atoms with Crippen LogP contribution in [0.5, 0.6) is 0 Å². The number of hydrogen-bond acceptors (Lipinski definition) is 5. The topological polar surface area (TPSA) is 54.8 Å². The third-order valence-electron chi connectivity index (χ3n) is 6.57. The van der Waals surface area contributed by atoms with Crippen molar-refractivity contribution in [3.8, 4) is 11.3 Å². The molecule has 0 saturated carbocycles. The lowest BCUT2D eigenvalue weighted by Gasteiger charge is -2.31. The Morgan fingerprint density at radius 2 is 1.18 bits per heavy atom. The Morgan fingerprint density at radius 1 is 0.588 bits per heavy atom. The van der Waals surface area contributed by atoms with Crippen molar-refractivity contribution < 1.29 is 0 Å². The van der Waals surface area contributed by atoms with Gasteiger partial charge in [-0.15, -0.1) is 0 Å². The van der Waals surface area contributed by atoms with Crippen molar-refractivity contribution in [1.82, 2.24) is 19.9 Å². The van der Waals surface area contributed by atoms with Gasteiger partial charge < -0.3 is 4.90 Å². The lowest BCUT2D eigenvalue weighted by atomic mass is 9.89. The summed E-state index contributed by atoms with van der Waals surface area (Å²) in [4.78, 5) is 20.3. The van der Waals surface area contributed by atoms with Crippen molar-refractivity contribution in [1.29, 1.82) is 0 Å². The molecular weight excluding hydrogens is 418 g/mol. The Labute approximate surface area is 200 Å². The monoisotopic (exact) mass is 445 g/mol. The minimum Gasteiger partial charge on any atom is -0.310 e. The van der Waals surface area contributed by atoms with Crippen LogP contribution in [0.4, 0.5) is 17.1 Å². The third-order valence-corrected chi connectivity index (χ3v) is 6.57. The van der Waals surface area contributed by atoms with Crippen molar-refractivity contribution >= 4 is 28.4 Å². The number of anilines is 3. The predicted octanol–water partition coefficient (Wildman–Crippen LogP) is 7.10. The summed E-state index contributed by atoms with van der Waals surface area (Å²) in [5.74, 6) is 0. The molecule has 2 heterocycles. The highest BCUT2D eigenvalue weighted by molar-refractivity contribution is 5.86. The SMILES string of the molecule is Cc1ccc(N(c2ccccc2)c2c(C)c(C)c(-c3cnc4nccnc4n3)c(C)c2C)cc1. The second kappa shape index (κ2) is 8.67. The third kappa shape index (κ3) is 3.69. The Morgan fingerprint density at radius 3 is 1.82 bits per heavy atom. The number of aromatic nitrogens is 4. The molecule has 0 amide bonds. The summed E-state index contributed by atoms with van der Waals surface area (Å²) in [6.07, 6.45) is 5.10. The van der Waals surface area contributed by atoms with Gasteiger partial charge in [0.1, 0.15) is 0 Å². The van der Waals surface area contributed by atoms with Gasteiger partial charge in [0.15, 0.2) is 11.3 Å². The highest BCUT2D eigenvalue weighted by Gasteiger charge is 2.23. The van der Waals surface area contributed by atoms with E-state index >= 15 is 0 Å². The molecule has 5 aromatic rings. The predicted molar refractivity (Wildman–Crippen MR) is 139 cm³/mol. The van der Waals surface area contributed by atoms with E-state index in [4.69, 9.17) is 4.98 Å². The van der Waals surface area contributed by atoms with Crippen LogP contribution in [0.1, 0.15) is 27.8 Å². The first-order valence-corrected chi connectivity index (χ1v) is 11.4. The molecule has 0 fully saturated rings. The summed E-state index contributed by atoms with van der Waals surface area (Å²) in [5.41, 5.74) is 12.5. The molecule has 5 heteroatoms. The Kier molecular flexibility index (Phi) is 5.54. The zero-order chi connectivity index (χ0) is 23.8. The molecule has 2 aromatic heterocycles. The van der Waals surface area contributed by atoms with Gasteiger partial charge >= 0.3 is 0 Å². The Hall–Kier alpha value is -4.12. The molecule has 0 atom stereocenters. The first-order chi connectivity index (χ1) is 16.5. The van der Waals surface area contributed by atoms with E-state index in [2.05, 4.69) is 109 Å². The van der Waals surface area contributed by atoms with Crippen LogP contribution in [0, 0.1) is 34.6 Å². The van der Waals surface area contributed by atoms with E-state index in [1.807, 2.05) is 0 Å². The van der Waals surface area contributed by atoms with Gasteiger partial charge in [0.05, 0.1) is 17.6 Å². The van der Waals surface area contributed by atoms with Crippen LogP contribution in [0.25, 0.3) is 22.6 Å². The molecule has 5 nitrogen and oxygen atoms in total. The number of hydrogen-bond donors (Lipinski definition) is 0. The standard InChI is InChI=1S/C29H27N5/c1-18-11-13-24(14-12-18)34(23-9-7-6-8-10-23)27-21(4)19(2)26(20(3)22(27)5)25-17-32-28-29(33-25)31-16-15-30-28/h6-17H,1-5H3. The average molecular weight is 446 g/mol. The van der Waals surface area contributed by atoms with Crippen molar-refractivity contribution in [2.45, 2.75) is 34.6 Å². The smallest absolute Gasteiger partial charge is 0.198 e. The summed E-state index contributed by atoms with van der Waals surface area (Å²) in [6, 6.07) is 19.2. The van der Waals surface area contributed by atoms with Crippen LogP contribution < -0.4 is 4.90 Å². The quantitative estimate of drug-likeness (QED) is 0.295. The van der Waals surface area contributed by atoms with Gasteiger partial charge in [-0.3, -0.25) is 0 Å². The summed E-state index contributed by atoms with van der Waals surface area (Å²) in [6.45, 7) is 10.8. The highest BCUT2D eigenvalue weighted by Crippen LogP contribution is 2.44. The molecule has 0 unspecified atom stereocenters. The van der Waals surface area contributed by atoms with E-state index in [1.54, 1.807) is 18.6 Å². The fourth-order valence-electron chi connectivity index (χ4n) is 4.57. The molecule has 0 spiro atoms. The maximum Gasteiger partial charge on any atom is 0.198 e. The second-order valence-corrected chi connectivity index (χ2v) is 8.69. The molecule has 34 heavy (non-hydrogen) atoms. The summed E-state index contributed by atoms with van der Waals surface area (Å²) < 4.78 is 0. The lowest BCUT2D eigenvalue weighted by molar-refractivity contribution is 1.13. The largest absolute Gasteiger partial charge is 0.310 e. The minimum atomic E-state index is 0.557. The molecular formula is C29H27N5. The lowest BCUT2D eigenvalue weighted by Crippen LogP contribution is -2.15. The van der Waals surface area contributed by atoms with Crippen molar-refractivity contribution in [3.05, 3.63) is 101 Å². The number of fused-ring (bicyclic) bond motifs is 1. The van der Waals surface area contributed by atoms with Crippen LogP contribution in [-0.2, 0) is 0 Å². The first-order valence-electron chi connectivity index (χ1n) is 11.4.